The first-order valence-corrected chi connectivity index (χ1v) is 11.4. The van der Waals surface area contributed by atoms with Gasteiger partial charge in [-0.1, -0.05) is 30.7 Å². The lowest BCUT2D eigenvalue weighted by Gasteiger charge is -2.20. The third kappa shape index (κ3) is 9.61. The number of rotatable bonds is 9. The summed E-state index contributed by atoms with van der Waals surface area (Å²) in [4.78, 5) is 18.8. The summed E-state index contributed by atoms with van der Waals surface area (Å²) in [6.07, 6.45) is 4.96. The Morgan fingerprint density at radius 1 is 1.17 bits per heavy atom. The van der Waals surface area contributed by atoms with Gasteiger partial charge in [0, 0.05) is 32.6 Å². The van der Waals surface area contributed by atoms with Gasteiger partial charge in [-0.15, -0.1) is 0 Å². The molecule has 1 aliphatic heterocycles. The molecule has 0 atom stereocenters. The van der Waals surface area contributed by atoms with E-state index >= 15 is 0 Å². The smallest absolute Gasteiger partial charge is 0.222 e. The largest absolute Gasteiger partial charge is 0.371 e. The second-order valence-corrected chi connectivity index (χ2v) is 8.89. The molecule has 1 amide bonds. The Morgan fingerprint density at radius 3 is 2.73 bits per heavy atom. The highest BCUT2D eigenvalue weighted by atomic mass is 16.5. The molecular formula is C24H40N4O2. The average Bonchev–Trinajstić information content (AvgIpc) is 2.91. The number of aliphatic imine (C=N–C) groups is 1. The van der Waals surface area contributed by atoms with Crippen molar-refractivity contribution in [3.8, 4) is 0 Å². The zero-order chi connectivity index (χ0) is 21.8. The molecule has 1 saturated heterocycles. The van der Waals surface area contributed by atoms with E-state index in [9.17, 15) is 4.79 Å². The molecule has 1 aliphatic rings. The lowest BCUT2D eigenvalue weighted by Crippen LogP contribution is -2.39. The number of ether oxygens (including phenoxy) is 1. The number of benzene rings is 1. The van der Waals surface area contributed by atoms with Gasteiger partial charge < -0.3 is 20.3 Å². The third-order valence-electron chi connectivity index (χ3n) is 5.00. The topological polar surface area (TPSA) is 66.0 Å². The second kappa shape index (κ2) is 12.6. The van der Waals surface area contributed by atoms with E-state index < -0.39 is 0 Å². The van der Waals surface area contributed by atoms with Crippen LogP contribution in [-0.4, -0.2) is 48.5 Å². The predicted octanol–water partition coefficient (Wildman–Crippen LogP) is 3.85. The number of hydrogen-bond acceptors (Lipinski definition) is 3. The Balaban J connectivity index is 1.81. The highest BCUT2D eigenvalue weighted by molar-refractivity contribution is 5.79. The standard InChI is InChI=1S/C24H40N4O2/c1-5-25-23(26-14-10-16-28-15-8-6-7-13-22(28)29)27-18-20-11-9-12-21(17-20)19-30-24(2,3)4/h9,11-12,17H,5-8,10,13-16,18-19H2,1-4H3,(H2,25,26,27). The van der Waals surface area contributed by atoms with Gasteiger partial charge in [-0.2, -0.15) is 0 Å². The summed E-state index contributed by atoms with van der Waals surface area (Å²) in [6.45, 7) is 12.8. The molecular weight excluding hydrogens is 376 g/mol. The summed E-state index contributed by atoms with van der Waals surface area (Å²) in [6, 6.07) is 8.40. The van der Waals surface area contributed by atoms with Crippen LogP contribution >= 0.6 is 0 Å². The summed E-state index contributed by atoms with van der Waals surface area (Å²) in [5, 5.41) is 6.70. The van der Waals surface area contributed by atoms with Gasteiger partial charge in [0.05, 0.1) is 18.8 Å². The molecule has 0 aliphatic carbocycles. The Morgan fingerprint density at radius 2 is 1.97 bits per heavy atom. The van der Waals surface area contributed by atoms with Gasteiger partial charge in [0.2, 0.25) is 5.91 Å². The molecule has 168 valence electrons. The summed E-state index contributed by atoms with van der Waals surface area (Å²) in [5.74, 6) is 1.12. The zero-order valence-electron chi connectivity index (χ0n) is 19.3. The van der Waals surface area contributed by atoms with Gasteiger partial charge in [0.15, 0.2) is 5.96 Å². The quantitative estimate of drug-likeness (QED) is 0.365. The molecule has 2 N–H and O–H groups in total. The minimum atomic E-state index is -0.145. The maximum atomic E-state index is 12.1. The van der Waals surface area contributed by atoms with Crippen molar-refractivity contribution >= 4 is 11.9 Å². The fourth-order valence-electron chi connectivity index (χ4n) is 3.38. The van der Waals surface area contributed by atoms with Crippen LogP contribution in [0.2, 0.25) is 0 Å². The van der Waals surface area contributed by atoms with Crippen molar-refractivity contribution < 1.29 is 9.53 Å². The molecule has 1 aromatic carbocycles. The molecule has 1 aromatic rings. The Kier molecular flexibility index (Phi) is 10.1. The molecule has 6 heteroatoms. The Bertz CT molecular complexity index is 682. The van der Waals surface area contributed by atoms with E-state index in [2.05, 4.69) is 62.6 Å². The maximum Gasteiger partial charge on any atom is 0.222 e. The van der Waals surface area contributed by atoms with Gasteiger partial charge in [-0.25, -0.2) is 4.99 Å². The first-order valence-electron chi connectivity index (χ1n) is 11.4. The van der Waals surface area contributed by atoms with Crippen molar-refractivity contribution in [3.63, 3.8) is 0 Å². The molecule has 2 rings (SSSR count). The van der Waals surface area contributed by atoms with Crippen molar-refractivity contribution in [1.82, 2.24) is 15.5 Å². The number of nitrogens with one attached hydrogen (secondary N) is 2. The van der Waals surface area contributed by atoms with E-state index in [0.29, 0.717) is 25.5 Å². The van der Waals surface area contributed by atoms with Crippen molar-refractivity contribution in [1.29, 1.82) is 0 Å². The van der Waals surface area contributed by atoms with Crippen LogP contribution in [0, 0.1) is 0 Å². The van der Waals surface area contributed by atoms with Crippen LogP contribution in [0.15, 0.2) is 29.3 Å². The number of carbonyl (C=O) groups is 1. The van der Waals surface area contributed by atoms with Gasteiger partial charge >= 0.3 is 0 Å². The summed E-state index contributed by atoms with van der Waals surface area (Å²) in [5.41, 5.74) is 2.18. The molecule has 1 heterocycles. The molecule has 1 fully saturated rings. The van der Waals surface area contributed by atoms with E-state index in [1.54, 1.807) is 0 Å². The number of amides is 1. The monoisotopic (exact) mass is 416 g/mol. The van der Waals surface area contributed by atoms with Gasteiger partial charge in [-0.3, -0.25) is 4.79 Å². The minimum absolute atomic E-state index is 0.145. The fraction of sp³-hybridized carbons (Fsp3) is 0.667. The zero-order valence-corrected chi connectivity index (χ0v) is 19.3. The summed E-state index contributed by atoms with van der Waals surface area (Å²) >= 11 is 0. The van der Waals surface area contributed by atoms with E-state index in [1.807, 2.05) is 4.90 Å². The summed E-state index contributed by atoms with van der Waals surface area (Å²) < 4.78 is 5.88. The van der Waals surface area contributed by atoms with E-state index in [1.165, 1.54) is 6.42 Å². The SMILES string of the molecule is CCNC(=NCc1cccc(COC(C)(C)C)c1)NCCCN1CCCCCC1=O. The van der Waals surface area contributed by atoms with E-state index in [0.717, 1.165) is 62.5 Å². The van der Waals surface area contributed by atoms with Crippen LogP contribution < -0.4 is 10.6 Å². The van der Waals surface area contributed by atoms with Gasteiger partial charge in [-0.05, 0) is 58.1 Å². The number of hydrogen-bond donors (Lipinski definition) is 2. The number of guanidine groups is 1. The minimum Gasteiger partial charge on any atom is -0.371 e. The van der Waals surface area contributed by atoms with Crippen LogP contribution in [0.4, 0.5) is 0 Å². The van der Waals surface area contributed by atoms with Crippen molar-refractivity contribution in [2.24, 2.45) is 4.99 Å². The molecule has 0 bridgehead atoms. The highest BCUT2D eigenvalue weighted by Crippen LogP contribution is 2.14. The van der Waals surface area contributed by atoms with Crippen molar-refractivity contribution in [2.45, 2.75) is 78.6 Å². The fourth-order valence-corrected chi connectivity index (χ4v) is 3.38. The van der Waals surface area contributed by atoms with Gasteiger partial charge in [0.1, 0.15) is 0 Å². The molecule has 0 radical (unpaired) electrons. The molecule has 0 spiro atoms. The van der Waals surface area contributed by atoms with Crippen LogP contribution in [0.3, 0.4) is 0 Å². The number of carbonyl (C=O) groups excluding carboxylic acids is 1. The van der Waals surface area contributed by atoms with Crippen LogP contribution in [0.5, 0.6) is 0 Å². The molecule has 0 saturated carbocycles. The lowest BCUT2D eigenvalue weighted by molar-refractivity contribution is -0.130. The van der Waals surface area contributed by atoms with E-state index in [-0.39, 0.29) is 5.60 Å². The first kappa shape index (κ1) is 24.2. The Hall–Kier alpha value is -2.08. The molecule has 30 heavy (non-hydrogen) atoms. The van der Waals surface area contributed by atoms with Crippen molar-refractivity contribution in [2.75, 3.05) is 26.2 Å². The number of nitrogens with zero attached hydrogens (tertiary/aromatic N) is 2. The highest BCUT2D eigenvalue weighted by Gasteiger charge is 2.15. The third-order valence-corrected chi connectivity index (χ3v) is 5.00. The maximum absolute atomic E-state index is 12.1. The van der Waals surface area contributed by atoms with Crippen LogP contribution in [0.1, 0.15) is 70.9 Å². The molecule has 6 nitrogen and oxygen atoms in total. The number of likely N-dealkylation sites (tertiary alicyclic amines) is 1. The first-order chi connectivity index (χ1) is 14.4. The van der Waals surface area contributed by atoms with Crippen LogP contribution in [0.25, 0.3) is 0 Å². The average molecular weight is 417 g/mol. The van der Waals surface area contributed by atoms with Crippen LogP contribution in [-0.2, 0) is 22.7 Å². The normalized spacial score (nSPS) is 15.8. The Labute approximate surface area is 182 Å². The van der Waals surface area contributed by atoms with E-state index in [4.69, 9.17) is 9.73 Å². The summed E-state index contributed by atoms with van der Waals surface area (Å²) in [7, 11) is 0. The molecule has 0 unspecified atom stereocenters. The predicted molar refractivity (Wildman–Crippen MR) is 123 cm³/mol. The lowest BCUT2D eigenvalue weighted by atomic mass is 10.1. The second-order valence-electron chi connectivity index (χ2n) is 8.89. The van der Waals surface area contributed by atoms with Crippen molar-refractivity contribution in [3.05, 3.63) is 35.4 Å². The van der Waals surface area contributed by atoms with Gasteiger partial charge in [0.25, 0.3) is 0 Å². The molecule has 0 aromatic heterocycles.